The number of nitrogens with zero attached hydrogens (tertiary/aromatic N) is 6. The Hall–Kier alpha value is -4.31. The van der Waals surface area contributed by atoms with Crippen molar-refractivity contribution in [3.05, 3.63) is 70.8 Å². The van der Waals surface area contributed by atoms with E-state index in [2.05, 4.69) is 66.9 Å². The molecule has 1 fully saturated rings. The third-order valence-corrected chi connectivity index (χ3v) is 9.07. The Bertz CT molecular complexity index is 1630. The quantitative estimate of drug-likeness (QED) is 0.268. The van der Waals surface area contributed by atoms with Crippen molar-refractivity contribution in [1.29, 1.82) is 0 Å². The van der Waals surface area contributed by atoms with E-state index in [0.29, 0.717) is 17.8 Å². The number of carbonyl (C=O) groups is 1. The van der Waals surface area contributed by atoms with Gasteiger partial charge in [-0.15, -0.1) is 15.3 Å². The second-order valence-corrected chi connectivity index (χ2v) is 11.6. The molecular weight excluding hydrogens is 528 g/mol. The van der Waals surface area contributed by atoms with Gasteiger partial charge in [0.2, 0.25) is 11.9 Å². The van der Waals surface area contributed by atoms with Gasteiger partial charge in [0.05, 0.1) is 12.8 Å². The number of hydrogen-bond acceptors (Lipinski definition) is 9. The zero-order valence-electron chi connectivity index (χ0n) is 23.9. The van der Waals surface area contributed by atoms with Gasteiger partial charge in [0.25, 0.3) is 0 Å². The summed E-state index contributed by atoms with van der Waals surface area (Å²) < 4.78 is 6.63. The molecule has 4 aromatic rings. The van der Waals surface area contributed by atoms with E-state index in [-0.39, 0.29) is 18.0 Å². The number of methoxy groups -OCH3 is 1. The molecule has 3 N–H and O–H groups in total. The summed E-state index contributed by atoms with van der Waals surface area (Å²) in [6.45, 7) is 0.964. The summed E-state index contributed by atoms with van der Waals surface area (Å²) in [6.07, 6.45) is 8.94. The molecule has 216 valence electrons. The molecule has 10 nitrogen and oxygen atoms in total. The first-order chi connectivity index (χ1) is 20.6. The van der Waals surface area contributed by atoms with Crippen LogP contribution in [-0.2, 0) is 35.2 Å². The van der Waals surface area contributed by atoms with Crippen molar-refractivity contribution in [2.75, 3.05) is 24.7 Å². The fraction of sp³-hybridized carbons (Fsp3) is 0.406. The molecular formula is C32H36N8O2. The highest BCUT2D eigenvalue weighted by Gasteiger charge is 2.36. The van der Waals surface area contributed by atoms with Crippen LogP contribution in [0.15, 0.2) is 48.5 Å². The molecule has 1 saturated heterocycles. The molecule has 0 radical (unpaired) electrons. The van der Waals surface area contributed by atoms with E-state index < -0.39 is 0 Å². The van der Waals surface area contributed by atoms with E-state index in [0.717, 1.165) is 86.8 Å². The van der Waals surface area contributed by atoms with Crippen LogP contribution >= 0.6 is 0 Å². The fourth-order valence-electron chi connectivity index (χ4n) is 6.97. The summed E-state index contributed by atoms with van der Waals surface area (Å²) in [6, 6.07) is 17.2. The first kappa shape index (κ1) is 26.6. The van der Waals surface area contributed by atoms with Crippen LogP contribution in [-0.4, -0.2) is 61.6 Å². The molecule has 0 saturated carbocycles. The van der Waals surface area contributed by atoms with Crippen molar-refractivity contribution in [1.82, 2.24) is 29.9 Å². The minimum absolute atomic E-state index is 0.103. The molecule has 0 bridgehead atoms. The van der Waals surface area contributed by atoms with Gasteiger partial charge in [0.15, 0.2) is 5.82 Å². The summed E-state index contributed by atoms with van der Waals surface area (Å²) >= 11 is 0. The third kappa shape index (κ3) is 5.00. The van der Waals surface area contributed by atoms with Crippen LogP contribution < -0.4 is 11.1 Å². The number of rotatable bonds is 5. The highest BCUT2D eigenvalue weighted by atomic mass is 16.5. The molecule has 3 heterocycles. The maximum atomic E-state index is 12.3. The van der Waals surface area contributed by atoms with Gasteiger partial charge >= 0.3 is 5.97 Å². The van der Waals surface area contributed by atoms with E-state index in [9.17, 15) is 4.79 Å². The van der Waals surface area contributed by atoms with E-state index in [1.165, 1.54) is 23.8 Å². The number of carbonyl (C=O) groups excluding carboxylic acids is 1. The number of ether oxygens (including phenoxy) is 1. The molecule has 3 aliphatic rings. The molecule has 1 unspecified atom stereocenters. The fourth-order valence-corrected chi connectivity index (χ4v) is 6.97. The van der Waals surface area contributed by atoms with Gasteiger partial charge in [-0.05, 0) is 105 Å². The van der Waals surface area contributed by atoms with Crippen LogP contribution in [0.25, 0.3) is 17.1 Å². The number of anilines is 3. The number of aromatic nitrogens is 5. The predicted molar refractivity (Wildman–Crippen MR) is 161 cm³/mol. The molecule has 42 heavy (non-hydrogen) atoms. The number of benzene rings is 2. The number of aryl methyl sites for hydroxylation is 4. The Morgan fingerprint density at radius 1 is 0.929 bits per heavy atom. The topological polar surface area (TPSA) is 124 Å². The van der Waals surface area contributed by atoms with Crippen LogP contribution in [0.4, 0.5) is 17.6 Å². The molecule has 0 spiro atoms. The number of esters is 1. The maximum Gasteiger partial charge on any atom is 0.323 e. The van der Waals surface area contributed by atoms with Crippen LogP contribution in [0.3, 0.4) is 0 Å². The predicted octanol–water partition coefficient (Wildman–Crippen LogP) is 4.42. The maximum absolute atomic E-state index is 12.3. The lowest BCUT2D eigenvalue weighted by molar-refractivity contribution is -0.146. The van der Waals surface area contributed by atoms with Gasteiger partial charge in [-0.3, -0.25) is 9.69 Å². The second kappa shape index (κ2) is 11.2. The molecule has 2 aromatic carbocycles. The number of likely N-dealkylation sites (tertiary alicyclic amines) is 1. The lowest BCUT2D eigenvalue weighted by Gasteiger charge is -2.31. The highest BCUT2D eigenvalue weighted by molar-refractivity contribution is 5.76. The van der Waals surface area contributed by atoms with E-state index in [4.69, 9.17) is 10.5 Å². The molecule has 10 heteroatoms. The minimum Gasteiger partial charge on any atom is -0.468 e. The monoisotopic (exact) mass is 564 g/mol. The first-order valence-electron chi connectivity index (χ1n) is 15.0. The summed E-state index contributed by atoms with van der Waals surface area (Å²) in [4.78, 5) is 19.2. The average molecular weight is 565 g/mol. The first-order valence-corrected chi connectivity index (χ1v) is 15.0. The van der Waals surface area contributed by atoms with Gasteiger partial charge < -0.3 is 15.8 Å². The van der Waals surface area contributed by atoms with Gasteiger partial charge in [-0.25, -0.2) is 0 Å². The van der Waals surface area contributed by atoms with Crippen molar-refractivity contribution in [3.8, 4) is 17.1 Å². The van der Waals surface area contributed by atoms with E-state index in [1.54, 1.807) is 4.68 Å². The average Bonchev–Trinajstić information content (AvgIpc) is 3.52. The standard InChI is InChI=1S/C32H36N8O2/c1-42-30(41)27-10-5-17-39(27)25-15-12-20-11-14-24(18-22(20)13-16-25)34-32-35-31(33)40(38-32)28-19-23-8-4-7-21-6-2-3-9-26(21)29(23)37-36-28/h2-3,6,9,11,14,18-19,25,27H,4-5,7-8,10,12-13,15-17H2,1H3,(H3,33,34,35,38)/t25?,27-/m1/s1. The van der Waals surface area contributed by atoms with Crippen molar-refractivity contribution >= 4 is 23.6 Å². The SMILES string of the molecule is COC(=O)[C@H]1CCCN1C1CCc2ccc(Nc3nc(N)n(-c4cc5c(nn4)-c4ccccc4CCC5)n3)cc2CC1. The zero-order chi connectivity index (χ0) is 28.6. The molecule has 1 aliphatic heterocycles. The van der Waals surface area contributed by atoms with Crippen LogP contribution in [0.2, 0.25) is 0 Å². The molecule has 0 amide bonds. The Balaban J connectivity index is 1.07. The van der Waals surface area contributed by atoms with Gasteiger partial charge in [-0.2, -0.15) is 9.67 Å². The smallest absolute Gasteiger partial charge is 0.323 e. The summed E-state index contributed by atoms with van der Waals surface area (Å²) in [5, 5.41) is 17.1. The van der Waals surface area contributed by atoms with E-state index in [1.807, 2.05) is 12.1 Å². The highest BCUT2D eigenvalue weighted by Crippen LogP contribution is 2.33. The van der Waals surface area contributed by atoms with Gasteiger partial charge in [0, 0.05) is 17.3 Å². The number of nitrogens with two attached hydrogens (primary N) is 1. The molecule has 2 aliphatic carbocycles. The van der Waals surface area contributed by atoms with Crippen LogP contribution in [0.1, 0.15) is 54.4 Å². The second-order valence-electron chi connectivity index (χ2n) is 11.6. The zero-order valence-corrected chi connectivity index (χ0v) is 23.9. The number of nitrogen functional groups attached to an aromatic ring is 1. The van der Waals surface area contributed by atoms with Crippen molar-refractivity contribution in [2.24, 2.45) is 0 Å². The Morgan fingerprint density at radius 2 is 1.76 bits per heavy atom. The third-order valence-electron chi connectivity index (χ3n) is 9.07. The molecule has 2 aromatic heterocycles. The summed E-state index contributed by atoms with van der Waals surface area (Å²) in [5.74, 6) is 1.13. The van der Waals surface area contributed by atoms with Crippen LogP contribution in [0, 0.1) is 0 Å². The summed E-state index contributed by atoms with van der Waals surface area (Å²) in [7, 11) is 1.49. The Morgan fingerprint density at radius 3 is 2.64 bits per heavy atom. The lowest BCUT2D eigenvalue weighted by atomic mass is 10.0. The summed E-state index contributed by atoms with van der Waals surface area (Å²) in [5.41, 5.74) is 14.4. The van der Waals surface area contributed by atoms with Crippen molar-refractivity contribution in [3.63, 3.8) is 0 Å². The largest absolute Gasteiger partial charge is 0.468 e. The Kier molecular flexibility index (Phi) is 7.07. The lowest BCUT2D eigenvalue weighted by Crippen LogP contribution is -2.43. The normalized spacial score (nSPS) is 20.1. The minimum atomic E-state index is -0.106. The number of fused-ring (bicyclic) bond motifs is 4. The number of nitrogens with one attached hydrogen (secondary N) is 1. The van der Waals surface area contributed by atoms with Gasteiger partial charge in [0.1, 0.15) is 6.04 Å². The van der Waals surface area contributed by atoms with Crippen molar-refractivity contribution < 1.29 is 9.53 Å². The Labute approximate surface area is 245 Å². The van der Waals surface area contributed by atoms with Gasteiger partial charge in [-0.1, -0.05) is 30.3 Å². The molecule has 7 rings (SSSR count). The molecule has 2 atom stereocenters. The van der Waals surface area contributed by atoms with Crippen LogP contribution in [0.5, 0.6) is 0 Å². The van der Waals surface area contributed by atoms with Crippen molar-refractivity contribution in [2.45, 2.75) is 69.9 Å². The number of hydrogen-bond donors (Lipinski definition) is 2. The van der Waals surface area contributed by atoms with E-state index >= 15 is 0 Å².